The van der Waals surface area contributed by atoms with Gasteiger partial charge in [-0.2, -0.15) is 9.90 Å². The van der Waals surface area contributed by atoms with E-state index in [2.05, 4.69) is 35.8 Å². The maximum absolute atomic E-state index is 14.1. The van der Waals surface area contributed by atoms with Gasteiger partial charge in [0.15, 0.2) is 5.82 Å². The molecule has 0 saturated heterocycles. The Morgan fingerprint density at radius 1 is 1.24 bits per heavy atom. The number of hydrogen-bond acceptors (Lipinski definition) is 10. The van der Waals surface area contributed by atoms with Gasteiger partial charge in [-0.05, 0) is 31.5 Å². The molecule has 15 heteroatoms. The van der Waals surface area contributed by atoms with Gasteiger partial charge >= 0.3 is 0 Å². The highest BCUT2D eigenvalue weighted by Gasteiger charge is 2.35. The SMILES string of the molecule is CCOc1cc(F)cc([C@@H](CO)NC(=O)[C@@H](C)N2Cc3ccc(-c4nc(Nc5cnn(C)n5)ncc4Cl)cc3C2=O)n1. The van der Waals surface area contributed by atoms with Gasteiger partial charge in [-0.1, -0.05) is 23.7 Å². The zero-order valence-corrected chi connectivity index (χ0v) is 23.6. The number of aryl methyl sites for hydroxylation is 1. The lowest BCUT2D eigenvalue weighted by Gasteiger charge is -2.25. The van der Waals surface area contributed by atoms with Crippen LogP contribution in [0.1, 0.15) is 41.5 Å². The van der Waals surface area contributed by atoms with Gasteiger partial charge in [0.05, 0.1) is 48.1 Å². The Morgan fingerprint density at radius 2 is 2.05 bits per heavy atom. The van der Waals surface area contributed by atoms with Crippen molar-refractivity contribution in [2.75, 3.05) is 18.5 Å². The summed E-state index contributed by atoms with van der Waals surface area (Å²) in [5, 5.41) is 23.9. The fourth-order valence-corrected chi connectivity index (χ4v) is 4.67. The van der Waals surface area contributed by atoms with E-state index < -0.39 is 30.4 Å². The minimum atomic E-state index is -1.01. The predicted octanol–water partition coefficient (Wildman–Crippen LogP) is 2.80. The molecule has 13 nitrogen and oxygen atoms in total. The zero-order chi connectivity index (χ0) is 30.0. The molecule has 4 aromatic rings. The van der Waals surface area contributed by atoms with Crippen molar-refractivity contribution in [2.45, 2.75) is 32.5 Å². The van der Waals surface area contributed by atoms with Gasteiger partial charge in [0, 0.05) is 30.8 Å². The van der Waals surface area contributed by atoms with Crippen LogP contribution < -0.4 is 15.4 Å². The van der Waals surface area contributed by atoms with E-state index in [1.54, 1.807) is 39.1 Å². The second kappa shape index (κ2) is 12.0. The topological polar surface area (TPSA) is 160 Å². The minimum absolute atomic E-state index is 0.0367. The van der Waals surface area contributed by atoms with E-state index in [9.17, 15) is 19.1 Å². The molecule has 218 valence electrons. The van der Waals surface area contributed by atoms with Crippen LogP contribution in [0.4, 0.5) is 16.2 Å². The third-order valence-electron chi connectivity index (χ3n) is 6.58. The molecule has 1 aromatic carbocycles. The molecule has 0 spiro atoms. The summed E-state index contributed by atoms with van der Waals surface area (Å²) in [6.07, 6.45) is 2.96. The molecule has 5 rings (SSSR count). The Kier molecular flexibility index (Phi) is 8.27. The summed E-state index contributed by atoms with van der Waals surface area (Å²) in [5.41, 5.74) is 2.20. The molecule has 4 heterocycles. The maximum atomic E-state index is 14.1. The predicted molar refractivity (Wildman–Crippen MR) is 149 cm³/mol. The number of nitrogens with zero attached hydrogens (tertiary/aromatic N) is 7. The summed E-state index contributed by atoms with van der Waals surface area (Å²) < 4.78 is 19.4. The van der Waals surface area contributed by atoms with Crippen LogP contribution in [-0.2, 0) is 18.4 Å². The molecule has 0 fully saturated rings. The lowest BCUT2D eigenvalue weighted by molar-refractivity contribution is -0.126. The van der Waals surface area contributed by atoms with Crippen molar-refractivity contribution in [1.29, 1.82) is 0 Å². The van der Waals surface area contributed by atoms with Gasteiger partial charge in [0.2, 0.25) is 17.7 Å². The first-order valence-electron chi connectivity index (χ1n) is 13.0. The number of fused-ring (bicyclic) bond motifs is 1. The first kappa shape index (κ1) is 28.8. The molecule has 0 unspecified atom stereocenters. The molecule has 1 aliphatic rings. The van der Waals surface area contributed by atoms with Gasteiger partial charge in [-0.15, -0.1) is 5.10 Å². The minimum Gasteiger partial charge on any atom is -0.478 e. The Labute approximate surface area is 244 Å². The second-order valence-corrected chi connectivity index (χ2v) is 9.85. The summed E-state index contributed by atoms with van der Waals surface area (Å²) >= 11 is 6.41. The molecule has 0 saturated carbocycles. The van der Waals surface area contributed by atoms with Gasteiger partial charge in [0.25, 0.3) is 5.91 Å². The van der Waals surface area contributed by atoms with Crippen molar-refractivity contribution in [3.8, 4) is 17.1 Å². The van der Waals surface area contributed by atoms with E-state index in [4.69, 9.17) is 16.3 Å². The summed E-state index contributed by atoms with van der Waals surface area (Å²) in [5.74, 6) is -0.795. The van der Waals surface area contributed by atoms with Crippen molar-refractivity contribution in [3.05, 3.63) is 70.4 Å². The van der Waals surface area contributed by atoms with E-state index in [-0.39, 0.29) is 41.6 Å². The summed E-state index contributed by atoms with van der Waals surface area (Å²) in [4.78, 5) is 42.2. The number of aliphatic hydroxyl groups excluding tert-OH is 1. The van der Waals surface area contributed by atoms with E-state index >= 15 is 0 Å². The molecule has 2 atom stereocenters. The van der Waals surface area contributed by atoms with Crippen LogP contribution in [0.2, 0.25) is 5.02 Å². The molecule has 0 bridgehead atoms. The van der Waals surface area contributed by atoms with Crippen molar-refractivity contribution in [2.24, 2.45) is 7.05 Å². The third-order valence-corrected chi connectivity index (χ3v) is 6.86. The lowest BCUT2D eigenvalue weighted by atomic mass is 10.0. The van der Waals surface area contributed by atoms with Gasteiger partial charge in [-0.25, -0.2) is 19.3 Å². The number of halogens is 2. The van der Waals surface area contributed by atoms with E-state index in [1.807, 2.05) is 0 Å². The number of hydrogen-bond donors (Lipinski definition) is 3. The van der Waals surface area contributed by atoms with Crippen molar-refractivity contribution in [3.63, 3.8) is 0 Å². The van der Waals surface area contributed by atoms with Crippen LogP contribution in [0.3, 0.4) is 0 Å². The number of nitrogens with one attached hydrogen (secondary N) is 2. The summed E-state index contributed by atoms with van der Waals surface area (Å²) in [6.45, 7) is 3.23. The van der Waals surface area contributed by atoms with Crippen molar-refractivity contribution in [1.82, 2.24) is 40.2 Å². The van der Waals surface area contributed by atoms with Crippen LogP contribution in [-0.4, -0.2) is 71.0 Å². The Balaban J connectivity index is 1.32. The highest BCUT2D eigenvalue weighted by molar-refractivity contribution is 6.33. The highest BCUT2D eigenvalue weighted by Crippen LogP contribution is 2.32. The van der Waals surface area contributed by atoms with Crippen molar-refractivity contribution < 1.29 is 23.8 Å². The number of amides is 2. The Hall–Kier alpha value is -4.69. The molecular weight excluding hydrogens is 569 g/mol. The number of aromatic nitrogens is 6. The van der Waals surface area contributed by atoms with Gasteiger partial charge in [-0.3, -0.25) is 9.59 Å². The first-order chi connectivity index (χ1) is 20.2. The number of pyridine rings is 1. The number of rotatable bonds is 10. The number of anilines is 2. The molecule has 1 aliphatic heterocycles. The normalized spacial score (nSPS) is 14.0. The number of carbonyl (C=O) groups excluding carboxylic acids is 2. The van der Waals surface area contributed by atoms with Crippen LogP contribution in [0.15, 0.2) is 42.7 Å². The monoisotopic (exact) mass is 595 g/mol. The molecule has 3 aromatic heterocycles. The summed E-state index contributed by atoms with van der Waals surface area (Å²) in [6, 6.07) is 5.55. The Morgan fingerprint density at radius 3 is 2.76 bits per heavy atom. The maximum Gasteiger partial charge on any atom is 0.255 e. The molecular formula is C27H27ClFN9O4. The molecule has 0 aliphatic carbocycles. The largest absolute Gasteiger partial charge is 0.478 e. The van der Waals surface area contributed by atoms with E-state index in [0.29, 0.717) is 22.6 Å². The number of carbonyl (C=O) groups is 2. The average molecular weight is 596 g/mol. The van der Waals surface area contributed by atoms with Crippen molar-refractivity contribution >= 4 is 35.2 Å². The zero-order valence-electron chi connectivity index (χ0n) is 22.9. The number of aliphatic hydroxyl groups is 1. The molecule has 42 heavy (non-hydrogen) atoms. The lowest BCUT2D eigenvalue weighted by Crippen LogP contribution is -2.47. The van der Waals surface area contributed by atoms with Gasteiger partial charge in [0.1, 0.15) is 11.9 Å². The van der Waals surface area contributed by atoms with Crippen LogP contribution >= 0.6 is 11.6 Å². The molecule has 2 amide bonds. The van der Waals surface area contributed by atoms with Crippen LogP contribution in [0.5, 0.6) is 5.88 Å². The van der Waals surface area contributed by atoms with Crippen LogP contribution in [0, 0.1) is 5.82 Å². The second-order valence-electron chi connectivity index (χ2n) is 9.44. The highest BCUT2D eigenvalue weighted by atomic mass is 35.5. The third kappa shape index (κ3) is 5.99. The van der Waals surface area contributed by atoms with E-state index in [0.717, 1.165) is 17.7 Å². The quantitative estimate of drug-likeness (QED) is 0.249. The smallest absolute Gasteiger partial charge is 0.255 e. The summed E-state index contributed by atoms with van der Waals surface area (Å²) in [7, 11) is 1.68. The molecule has 0 radical (unpaired) electrons. The fraction of sp³-hybridized carbons (Fsp3) is 0.296. The number of benzene rings is 1. The van der Waals surface area contributed by atoms with E-state index in [1.165, 1.54) is 22.1 Å². The Bertz CT molecular complexity index is 1650. The fourth-order valence-electron chi connectivity index (χ4n) is 4.47. The van der Waals surface area contributed by atoms with Crippen LogP contribution in [0.25, 0.3) is 11.3 Å². The molecule has 3 N–H and O–H groups in total. The first-order valence-corrected chi connectivity index (χ1v) is 13.4. The average Bonchev–Trinajstić information content (AvgIpc) is 3.53. The van der Waals surface area contributed by atoms with Gasteiger partial charge < -0.3 is 25.4 Å². The number of ether oxygens (including phenoxy) is 1. The standard InChI is InChI=1S/C27H27ClFN9O4/c1-4-42-23-9-17(29)8-20(32-23)21(13-39)33-25(40)14(2)38-12-16-6-5-15(7-18(16)26(38)41)24-19(28)10-30-27(35-24)34-22-11-31-37(3)36-22/h5-11,14,21,39H,4,12-13H2,1-3H3,(H,33,40)(H,30,34,35,36)/t14-,21-/m1/s1.